The van der Waals surface area contributed by atoms with Crippen LogP contribution in [0.15, 0.2) is 60.4 Å². The molecule has 1 fully saturated rings. The van der Waals surface area contributed by atoms with Crippen molar-refractivity contribution < 1.29 is 47.9 Å². The van der Waals surface area contributed by atoms with Crippen LogP contribution in [0.3, 0.4) is 0 Å². The number of hydrogen-bond donors (Lipinski definition) is 1. The van der Waals surface area contributed by atoms with Crippen LogP contribution in [0, 0.1) is 11.8 Å². The van der Waals surface area contributed by atoms with Crippen molar-refractivity contribution in [2.24, 2.45) is 11.8 Å². The zero-order valence-corrected chi connectivity index (χ0v) is 35.4. The van der Waals surface area contributed by atoms with Crippen LogP contribution in [-0.4, -0.2) is 101 Å². The van der Waals surface area contributed by atoms with E-state index < -0.39 is 12.3 Å². The van der Waals surface area contributed by atoms with Gasteiger partial charge in [0, 0.05) is 44.6 Å². The number of methoxy groups -OCH3 is 5. The van der Waals surface area contributed by atoms with Crippen molar-refractivity contribution in [3.63, 3.8) is 0 Å². The van der Waals surface area contributed by atoms with Crippen LogP contribution in [0.25, 0.3) is 0 Å². The molecule has 0 bridgehead atoms. The summed E-state index contributed by atoms with van der Waals surface area (Å²) in [6, 6.07) is 15.7. The van der Waals surface area contributed by atoms with E-state index in [0.29, 0.717) is 67.7 Å². The summed E-state index contributed by atoms with van der Waals surface area (Å²) in [7, 11) is 8.05. The molecule has 3 aromatic rings. The number of aliphatic hydroxyl groups is 1. The zero-order valence-electron chi connectivity index (χ0n) is 35.4. The number of hydrogen-bond acceptors (Lipinski definition) is 11. The Morgan fingerprint density at radius 3 is 2.08 bits per heavy atom. The molecule has 4 aliphatic heterocycles. The Morgan fingerprint density at radius 1 is 0.797 bits per heavy atom. The Kier molecular flexibility index (Phi) is 13.7. The van der Waals surface area contributed by atoms with Gasteiger partial charge in [-0.25, -0.2) is 4.79 Å². The Balaban J connectivity index is 1.24. The average molecular weight is 813 g/mol. The molecule has 0 radical (unpaired) electrons. The zero-order chi connectivity index (χ0) is 41.6. The number of benzene rings is 3. The number of carbonyl (C=O) groups is 2. The first-order chi connectivity index (χ1) is 28.7. The lowest BCUT2D eigenvalue weighted by atomic mass is 9.72. The van der Waals surface area contributed by atoms with Gasteiger partial charge in [0.05, 0.1) is 53.8 Å². The van der Waals surface area contributed by atoms with Crippen molar-refractivity contribution in [2.45, 2.75) is 82.6 Å². The number of carbonyl (C=O) groups excluding carboxylic acids is 2. The molecular weight excluding hydrogens is 753 g/mol. The van der Waals surface area contributed by atoms with E-state index in [9.17, 15) is 9.90 Å². The van der Waals surface area contributed by atoms with Crippen molar-refractivity contribution in [3.8, 4) is 23.0 Å². The highest BCUT2D eigenvalue weighted by molar-refractivity contribution is 5.92. The van der Waals surface area contributed by atoms with Gasteiger partial charge in [-0.05, 0) is 121 Å². The molecule has 0 unspecified atom stereocenters. The SMILES string of the molecule is CC[C@H]1CN2CCc3cc(OC)c(OC)cc3[C@@H]2C[C@@H]1C[C@@H]1c2cc(OC)c(OC)cc2CCN1C(=O)C1=C[C@H](c2ccc(C(=O)OC)cc2)C[C@H](OCCCCO)O1. The largest absolute Gasteiger partial charge is 0.493 e. The molecule has 59 heavy (non-hydrogen) atoms. The standard InChI is InChI=1S/C47H60N2O10/c1-7-29-28-48-16-14-32-22-40(53-2)42(55-4)26-36(32)38(48)20-34(29)21-39-37-27-43(56-5)41(54-3)23-33(37)15-17-49(39)46(51)44-24-35(25-45(59-44)58-19-9-8-18-50)30-10-12-31(13-11-30)47(52)57-6/h10-13,22-24,26-27,29,34-35,38-39,45,50H,7-9,14-21,25,28H2,1-6H3/t29-,34+,35-,38-,39+,45+/m0/s1. The molecule has 4 heterocycles. The second-order valence-electron chi connectivity index (χ2n) is 16.1. The summed E-state index contributed by atoms with van der Waals surface area (Å²) in [5.41, 5.74) is 6.21. The van der Waals surface area contributed by atoms with Gasteiger partial charge in [-0.15, -0.1) is 0 Å². The molecule has 0 saturated carbocycles. The molecule has 3 aromatic carbocycles. The summed E-state index contributed by atoms with van der Waals surface area (Å²) < 4.78 is 40.7. The second kappa shape index (κ2) is 19.1. The first-order valence-electron chi connectivity index (χ1n) is 21.1. The van der Waals surface area contributed by atoms with Crippen LogP contribution in [-0.2, 0) is 31.8 Å². The number of amides is 1. The first kappa shape index (κ1) is 42.3. The molecule has 12 heteroatoms. The number of rotatable bonds is 15. The van der Waals surface area contributed by atoms with Gasteiger partial charge in [-0.3, -0.25) is 9.69 Å². The van der Waals surface area contributed by atoms with Gasteiger partial charge in [-0.1, -0.05) is 25.5 Å². The summed E-state index contributed by atoms with van der Waals surface area (Å²) in [6.45, 7) is 5.24. The minimum Gasteiger partial charge on any atom is -0.493 e. The minimum absolute atomic E-state index is 0.0796. The van der Waals surface area contributed by atoms with E-state index in [4.69, 9.17) is 33.2 Å². The van der Waals surface area contributed by atoms with Gasteiger partial charge in [0.2, 0.25) is 6.29 Å². The maximum atomic E-state index is 15.1. The second-order valence-corrected chi connectivity index (χ2v) is 16.1. The lowest BCUT2D eigenvalue weighted by Gasteiger charge is -2.49. The number of esters is 1. The lowest BCUT2D eigenvalue weighted by molar-refractivity contribution is -0.155. The first-order valence-corrected chi connectivity index (χ1v) is 21.1. The molecule has 7 rings (SSSR count). The summed E-state index contributed by atoms with van der Waals surface area (Å²) in [5, 5.41) is 9.37. The quantitative estimate of drug-likeness (QED) is 0.124. The summed E-state index contributed by atoms with van der Waals surface area (Å²) in [6.07, 6.45) is 7.39. The summed E-state index contributed by atoms with van der Waals surface area (Å²) in [5.74, 6) is 3.03. The topological polar surface area (TPSA) is 125 Å². The van der Waals surface area contributed by atoms with Crippen LogP contribution in [0.4, 0.5) is 0 Å². The predicted molar refractivity (Wildman–Crippen MR) is 222 cm³/mol. The van der Waals surface area contributed by atoms with Gasteiger partial charge in [0.1, 0.15) is 0 Å². The van der Waals surface area contributed by atoms with Crippen molar-refractivity contribution in [2.75, 3.05) is 68.4 Å². The van der Waals surface area contributed by atoms with Gasteiger partial charge < -0.3 is 43.2 Å². The number of allylic oxidation sites excluding steroid dienone is 1. The summed E-state index contributed by atoms with van der Waals surface area (Å²) in [4.78, 5) is 32.0. The number of piperidine rings is 1. The van der Waals surface area contributed by atoms with Crippen LogP contribution >= 0.6 is 0 Å². The molecule has 0 spiro atoms. The minimum atomic E-state index is -0.668. The van der Waals surface area contributed by atoms with Crippen molar-refractivity contribution in [1.82, 2.24) is 9.80 Å². The fourth-order valence-corrected chi connectivity index (χ4v) is 9.77. The van der Waals surface area contributed by atoms with E-state index in [1.807, 2.05) is 23.1 Å². The monoisotopic (exact) mass is 812 g/mol. The van der Waals surface area contributed by atoms with Crippen molar-refractivity contribution in [1.29, 1.82) is 0 Å². The molecule has 6 atom stereocenters. The number of unbranched alkanes of at least 4 members (excludes halogenated alkanes) is 1. The van der Waals surface area contributed by atoms with Crippen molar-refractivity contribution >= 4 is 11.9 Å². The van der Waals surface area contributed by atoms with Gasteiger partial charge in [0.25, 0.3) is 5.91 Å². The molecule has 1 saturated heterocycles. The molecule has 0 aliphatic carbocycles. The Bertz CT molecular complexity index is 1980. The fourth-order valence-electron chi connectivity index (χ4n) is 9.77. The average Bonchev–Trinajstić information content (AvgIpc) is 3.28. The van der Waals surface area contributed by atoms with E-state index >= 15 is 4.79 Å². The van der Waals surface area contributed by atoms with E-state index in [0.717, 1.165) is 67.0 Å². The molecule has 0 aromatic heterocycles. The van der Waals surface area contributed by atoms with Gasteiger partial charge >= 0.3 is 5.97 Å². The molecular formula is C47H60N2O10. The molecule has 12 nitrogen and oxygen atoms in total. The normalized spacial score (nSPS) is 23.8. The number of nitrogens with zero attached hydrogens (tertiary/aromatic N) is 2. The highest BCUT2D eigenvalue weighted by Gasteiger charge is 2.43. The lowest BCUT2D eigenvalue weighted by Crippen LogP contribution is -2.48. The maximum Gasteiger partial charge on any atom is 0.337 e. The predicted octanol–water partition coefficient (Wildman–Crippen LogP) is 7.17. The summed E-state index contributed by atoms with van der Waals surface area (Å²) >= 11 is 0. The van der Waals surface area contributed by atoms with Crippen LogP contribution < -0.4 is 18.9 Å². The third-order valence-electron chi connectivity index (χ3n) is 13.0. The van der Waals surface area contributed by atoms with Crippen molar-refractivity contribution in [3.05, 3.63) is 93.7 Å². The Labute approximate surface area is 348 Å². The molecule has 318 valence electrons. The molecule has 4 aliphatic rings. The van der Waals surface area contributed by atoms with E-state index in [-0.39, 0.29) is 36.3 Å². The highest BCUT2D eigenvalue weighted by atomic mass is 16.7. The number of ether oxygens (including phenoxy) is 7. The fraction of sp³-hybridized carbons (Fsp3) is 0.532. The Hall–Kier alpha value is -4.78. The van der Waals surface area contributed by atoms with Crippen LogP contribution in [0.2, 0.25) is 0 Å². The van der Waals surface area contributed by atoms with Gasteiger partial charge in [-0.2, -0.15) is 0 Å². The van der Waals surface area contributed by atoms with E-state index in [1.165, 1.54) is 18.2 Å². The molecule has 1 N–H and O–H groups in total. The third-order valence-corrected chi connectivity index (χ3v) is 13.0. The smallest absolute Gasteiger partial charge is 0.337 e. The Morgan fingerprint density at radius 2 is 1.44 bits per heavy atom. The van der Waals surface area contributed by atoms with E-state index in [2.05, 4.69) is 36.1 Å². The van der Waals surface area contributed by atoms with E-state index in [1.54, 1.807) is 40.6 Å². The molecule has 1 amide bonds. The van der Waals surface area contributed by atoms with Crippen LogP contribution in [0.1, 0.15) is 102 Å². The number of fused-ring (bicyclic) bond motifs is 4. The third kappa shape index (κ3) is 8.90. The maximum absolute atomic E-state index is 15.1. The number of aliphatic hydroxyl groups excluding tert-OH is 1. The van der Waals surface area contributed by atoms with Crippen LogP contribution in [0.5, 0.6) is 23.0 Å². The highest BCUT2D eigenvalue weighted by Crippen LogP contribution is 2.50. The van der Waals surface area contributed by atoms with Gasteiger partial charge in [0.15, 0.2) is 28.8 Å².